The van der Waals surface area contributed by atoms with Gasteiger partial charge in [-0.2, -0.15) is 48.1 Å². The van der Waals surface area contributed by atoms with Gasteiger partial charge in [0.2, 0.25) is 0 Å². The molecule has 0 saturated heterocycles. The van der Waals surface area contributed by atoms with E-state index in [4.69, 9.17) is 5.73 Å². The Hall–Kier alpha value is -2.06. The first kappa shape index (κ1) is 29.0. The van der Waals surface area contributed by atoms with Crippen LogP contribution in [0.1, 0.15) is 39.9 Å². The van der Waals surface area contributed by atoms with E-state index >= 15 is 0 Å². The van der Waals surface area contributed by atoms with Crippen LogP contribution in [0, 0.1) is 26.8 Å². The number of halogens is 3. The molecule has 0 aromatic heterocycles. The third kappa shape index (κ3) is 8.67. The fourth-order valence-electron chi connectivity index (χ4n) is 3.16. The number of alkyl halides is 3. The number of hydrogen-bond donors (Lipinski definition) is 1. The van der Waals surface area contributed by atoms with Crippen molar-refractivity contribution < 1.29 is 41.1 Å². The summed E-state index contributed by atoms with van der Waals surface area (Å²) in [7, 11) is -5.65. The molecule has 0 fully saturated rings. The number of nitrogens with zero attached hydrogens (tertiary/aromatic N) is 1. The number of benzene rings is 3. The summed E-state index contributed by atoms with van der Waals surface area (Å²) in [5.74, 6) is 0. The predicted molar refractivity (Wildman–Crippen MR) is 120 cm³/mol. The van der Waals surface area contributed by atoms with Crippen LogP contribution in [0.2, 0.25) is 0 Å². The molecule has 3 aromatic rings. The molecule has 0 aliphatic carbocycles. The van der Waals surface area contributed by atoms with Crippen molar-refractivity contribution >= 4 is 10.0 Å². The van der Waals surface area contributed by atoms with Crippen LogP contribution < -0.4 is 5.73 Å². The van der Waals surface area contributed by atoms with Gasteiger partial charge >= 0.3 is 25.0 Å². The topological polar surface area (TPSA) is 74.3 Å². The standard InChI is InChI=1S/C15H14F3N2O2S.C9H11.Ru/c16-15(17,18)23(21,22)20-14(12-9-5-2-6-10-12)13(19)11-7-3-1-4-8-11;1-7-4-8(2)6-9(3)5-7;/h1-10,13-14H,19H2;4-5H,1-3H3;/q2*-1;+2. The van der Waals surface area contributed by atoms with Crippen molar-refractivity contribution in [2.24, 2.45) is 5.73 Å². The normalized spacial score (nSPS) is 13.2. The van der Waals surface area contributed by atoms with Gasteiger partial charge in [0.15, 0.2) is 10.0 Å². The van der Waals surface area contributed by atoms with E-state index in [1.54, 1.807) is 48.5 Å². The van der Waals surface area contributed by atoms with Crippen LogP contribution in [0.5, 0.6) is 0 Å². The Labute approximate surface area is 206 Å². The molecule has 0 saturated carbocycles. The van der Waals surface area contributed by atoms with Crippen LogP contribution in [0.3, 0.4) is 0 Å². The smallest absolute Gasteiger partial charge is 0.533 e. The van der Waals surface area contributed by atoms with E-state index in [1.807, 2.05) is 0 Å². The minimum Gasteiger partial charge on any atom is -0.533 e. The van der Waals surface area contributed by atoms with Crippen molar-refractivity contribution in [3.05, 3.63) is 111 Å². The molecule has 3 rings (SSSR count). The van der Waals surface area contributed by atoms with Gasteiger partial charge in [-0.25, -0.2) is 8.42 Å². The largest absolute Gasteiger partial charge is 2.00 e. The minimum atomic E-state index is -5.65. The summed E-state index contributed by atoms with van der Waals surface area (Å²) in [6, 6.07) is 21.1. The molecule has 2 N–H and O–H groups in total. The van der Waals surface area contributed by atoms with Gasteiger partial charge in [0.1, 0.15) is 0 Å². The van der Waals surface area contributed by atoms with Gasteiger partial charge in [0, 0.05) is 6.04 Å². The average Bonchev–Trinajstić information content (AvgIpc) is 2.71. The van der Waals surface area contributed by atoms with E-state index in [9.17, 15) is 21.6 Å². The van der Waals surface area contributed by atoms with Gasteiger partial charge in [0.05, 0.1) is 0 Å². The van der Waals surface area contributed by atoms with E-state index in [2.05, 4.69) is 43.7 Å². The molecule has 0 bridgehead atoms. The van der Waals surface area contributed by atoms with Crippen molar-refractivity contribution in [2.75, 3.05) is 0 Å². The molecule has 0 heterocycles. The Morgan fingerprint density at radius 1 is 0.848 bits per heavy atom. The van der Waals surface area contributed by atoms with Crippen molar-refractivity contribution in [3.8, 4) is 0 Å². The molecule has 178 valence electrons. The molecule has 0 amide bonds. The third-order valence-corrected chi connectivity index (χ3v) is 5.58. The van der Waals surface area contributed by atoms with Crippen LogP contribution >= 0.6 is 0 Å². The zero-order valence-electron chi connectivity index (χ0n) is 18.3. The van der Waals surface area contributed by atoms with Crippen LogP contribution in [0.15, 0.2) is 72.8 Å². The molecule has 0 aliphatic heterocycles. The molecule has 2 unspecified atom stereocenters. The van der Waals surface area contributed by atoms with Crippen LogP contribution in [-0.4, -0.2) is 13.9 Å². The molecule has 33 heavy (non-hydrogen) atoms. The average molecular weight is 564 g/mol. The van der Waals surface area contributed by atoms with E-state index in [1.165, 1.54) is 28.8 Å². The quantitative estimate of drug-likeness (QED) is 0.303. The Kier molecular flexibility index (Phi) is 10.9. The number of rotatable bonds is 5. The Bertz CT molecular complexity index is 1060. The van der Waals surface area contributed by atoms with Crippen LogP contribution in [0.4, 0.5) is 13.2 Å². The number of aryl methyl sites for hydroxylation is 3. The summed E-state index contributed by atoms with van der Waals surface area (Å²) >= 11 is 0. The SMILES string of the molecule is Cc1[c-]c(C)cc(C)c1.NC(c1ccccc1)C([N-]S(=O)(=O)C(F)(F)F)c1ccccc1.[Ru+2]. The van der Waals surface area contributed by atoms with Gasteiger partial charge in [0.25, 0.3) is 0 Å². The zero-order chi connectivity index (χ0) is 23.9. The van der Waals surface area contributed by atoms with Gasteiger partial charge in [-0.05, 0) is 5.56 Å². The monoisotopic (exact) mass is 564 g/mol. The minimum absolute atomic E-state index is 0. The Balaban J connectivity index is 0.000000458. The fourth-order valence-corrected chi connectivity index (χ4v) is 3.83. The predicted octanol–water partition coefficient (Wildman–Crippen LogP) is 6.06. The summed E-state index contributed by atoms with van der Waals surface area (Å²) in [6.45, 7) is 6.24. The van der Waals surface area contributed by atoms with Gasteiger partial charge in [-0.3, -0.25) is 0 Å². The summed E-state index contributed by atoms with van der Waals surface area (Å²) in [5.41, 5.74) is 5.09. The van der Waals surface area contributed by atoms with Gasteiger partial charge in [-0.1, -0.05) is 93.0 Å². The van der Waals surface area contributed by atoms with E-state index in [0.29, 0.717) is 5.56 Å². The maximum atomic E-state index is 12.7. The van der Waals surface area contributed by atoms with E-state index in [0.717, 1.165) is 0 Å². The van der Waals surface area contributed by atoms with Gasteiger partial charge in [-0.15, -0.1) is 0 Å². The fraction of sp³-hybridized carbons (Fsp3) is 0.250. The summed E-state index contributed by atoms with van der Waals surface area (Å²) in [5, 5.41) is 0. The van der Waals surface area contributed by atoms with Crippen molar-refractivity contribution in [1.82, 2.24) is 0 Å². The second kappa shape index (κ2) is 12.4. The van der Waals surface area contributed by atoms with E-state index < -0.39 is 27.6 Å². The second-order valence-electron chi connectivity index (χ2n) is 7.34. The molecule has 4 nitrogen and oxygen atoms in total. The molecular weight excluding hydrogens is 538 g/mol. The maximum absolute atomic E-state index is 12.7. The molecule has 0 aliphatic rings. The molecule has 2 atom stereocenters. The summed E-state index contributed by atoms with van der Waals surface area (Å²) in [6.07, 6.45) is 0. The number of sulfonamides is 1. The van der Waals surface area contributed by atoms with Crippen LogP contribution in [0.25, 0.3) is 4.72 Å². The summed E-state index contributed by atoms with van der Waals surface area (Å²) in [4.78, 5) is 0. The van der Waals surface area contributed by atoms with Crippen molar-refractivity contribution in [1.29, 1.82) is 0 Å². The van der Waals surface area contributed by atoms with E-state index in [-0.39, 0.29) is 25.0 Å². The second-order valence-corrected chi connectivity index (χ2v) is 8.97. The molecule has 9 heteroatoms. The molecule has 0 radical (unpaired) electrons. The Morgan fingerprint density at radius 2 is 1.27 bits per heavy atom. The maximum Gasteiger partial charge on any atom is 2.00 e. The Morgan fingerprint density at radius 3 is 1.67 bits per heavy atom. The summed E-state index contributed by atoms with van der Waals surface area (Å²) < 4.78 is 63.9. The first-order valence-corrected chi connectivity index (χ1v) is 11.2. The molecule has 0 spiro atoms. The number of hydrogen-bond acceptors (Lipinski definition) is 3. The van der Waals surface area contributed by atoms with Crippen LogP contribution in [-0.2, 0) is 29.5 Å². The first-order valence-electron chi connectivity index (χ1n) is 9.77. The van der Waals surface area contributed by atoms with Crippen molar-refractivity contribution in [2.45, 2.75) is 38.4 Å². The molecule has 3 aromatic carbocycles. The zero-order valence-corrected chi connectivity index (χ0v) is 20.9. The first-order chi connectivity index (χ1) is 14.9. The third-order valence-electron chi connectivity index (χ3n) is 4.49. The van der Waals surface area contributed by atoms with Gasteiger partial charge < -0.3 is 10.5 Å². The van der Waals surface area contributed by atoms with Crippen molar-refractivity contribution in [3.63, 3.8) is 0 Å². The molecular formula is C24H25F3N2O2RuS. The number of nitrogens with two attached hydrogens (primary N) is 1.